The highest BCUT2D eigenvalue weighted by molar-refractivity contribution is 8.29. The summed E-state index contributed by atoms with van der Waals surface area (Å²) in [5, 5.41) is 0. The number of thioether (sulfide) groups is 2. The Balaban J connectivity index is 1.95. The number of ketones is 1. The van der Waals surface area contributed by atoms with E-state index in [0.29, 0.717) is 38.3 Å². The van der Waals surface area contributed by atoms with E-state index in [9.17, 15) is 18.8 Å². The second kappa shape index (κ2) is 10.9. The van der Waals surface area contributed by atoms with Crippen LogP contribution in [-0.2, 0) is 14.3 Å². The van der Waals surface area contributed by atoms with Crippen LogP contribution >= 0.6 is 35.7 Å². The lowest BCUT2D eigenvalue weighted by atomic mass is 9.83. The molecular weight excluding hydrogens is 549 g/mol. The van der Waals surface area contributed by atoms with Gasteiger partial charge in [0.25, 0.3) is 0 Å². The van der Waals surface area contributed by atoms with Crippen molar-refractivity contribution in [3.05, 3.63) is 73.5 Å². The summed E-state index contributed by atoms with van der Waals surface area (Å²) >= 11 is 8.06. The van der Waals surface area contributed by atoms with Crippen LogP contribution in [0.25, 0.3) is 5.57 Å². The average molecular weight is 574 g/mol. The molecule has 7 nitrogen and oxygen atoms in total. The molecule has 2 heterocycles. The molecule has 0 fully saturated rings. The number of carbonyl (C=O) groups is 3. The Morgan fingerprint density at radius 3 is 2.34 bits per heavy atom. The van der Waals surface area contributed by atoms with Gasteiger partial charge in [-0.05, 0) is 45.0 Å². The van der Waals surface area contributed by atoms with Crippen molar-refractivity contribution >= 4 is 69.7 Å². The predicted octanol–water partition coefficient (Wildman–Crippen LogP) is 6.38. The molecule has 2 aliphatic rings. The molecule has 0 N–H and O–H groups in total. The fourth-order valence-electron chi connectivity index (χ4n) is 4.21. The maximum absolute atomic E-state index is 13.9. The molecule has 2 aromatic rings. The van der Waals surface area contributed by atoms with Crippen LogP contribution in [0.15, 0.2) is 56.5 Å². The summed E-state index contributed by atoms with van der Waals surface area (Å²) in [7, 11) is 2.52. The quantitative estimate of drug-likeness (QED) is 0.175. The zero-order valence-corrected chi connectivity index (χ0v) is 23.7. The summed E-state index contributed by atoms with van der Waals surface area (Å²) < 4.78 is 30.4. The number of ether oxygens (including phenoxy) is 3. The van der Waals surface area contributed by atoms with Crippen LogP contribution in [0.4, 0.5) is 14.9 Å². The van der Waals surface area contributed by atoms with Crippen LogP contribution in [0.5, 0.6) is 5.75 Å². The molecule has 198 valence electrons. The van der Waals surface area contributed by atoms with Gasteiger partial charge in [0.1, 0.15) is 16.5 Å². The number of benzene rings is 2. The van der Waals surface area contributed by atoms with Crippen molar-refractivity contribution in [2.45, 2.75) is 26.3 Å². The minimum Gasteiger partial charge on any atom is -0.493 e. The molecule has 0 atom stereocenters. The Hall–Kier alpha value is -3.15. The molecule has 0 saturated carbocycles. The predicted molar refractivity (Wildman–Crippen MR) is 151 cm³/mol. The molecule has 1 amide bonds. The van der Waals surface area contributed by atoms with E-state index < -0.39 is 29.2 Å². The maximum Gasteiger partial charge on any atom is 0.414 e. The van der Waals surface area contributed by atoms with Gasteiger partial charge in [0.2, 0.25) is 5.78 Å². The normalized spacial score (nSPS) is 18.3. The molecule has 0 aromatic heterocycles. The number of hydrogen-bond donors (Lipinski definition) is 0. The molecule has 2 aliphatic heterocycles. The van der Waals surface area contributed by atoms with Crippen LogP contribution < -0.4 is 9.64 Å². The standard InChI is InChI=1S/C27H24FNO6S3/c1-6-35-17-12-8-11-16-18(17)19(23(36)27(2,3)29(16)26(32)34-5)25-37-21(22(38-25)24(31)33-4)20(30)14-9-7-10-15(28)13-14/h7-13H,6H2,1-5H3. The number of methoxy groups -OCH3 is 2. The lowest BCUT2D eigenvalue weighted by molar-refractivity contribution is -0.135. The molecule has 0 saturated heterocycles. The number of allylic oxidation sites excluding steroid dienone is 1. The van der Waals surface area contributed by atoms with Gasteiger partial charge < -0.3 is 14.2 Å². The van der Waals surface area contributed by atoms with Crippen molar-refractivity contribution in [2.24, 2.45) is 0 Å². The van der Waals surface area contributed by atoms with Crippen molar-refractivity contribution in [1.29, 1.82) is 0 Å². The third-order valence-corrected chi connectivity index (χ3v) is 9.24. The minimum absolute atomic E-state index is 0.0701. The third kappa shape index (κ3) is 4.74. The number of esters is 1. The molecule has 0 bridgehead atoms. The second-order valence-electron chi connectivity index (χ2n) is 8.63. The molecule has 4 rings (SSSR count). The number of fused-ring (bicyclic) bond motifs is 1. The summed E-state index contributed by atoms with van der Waals surface area (Å²) in [6.07, 6.45) is -0.599. The van der Waals surface area contributed by atoms with Gasteiger partial charge in [-0.25, -0.2) is 14.0 Å². The molecular formula is C27H24FNO6S3. The Morgan fingerprint density at radius 1 is 1.03 bits per heavy atom. The Bertz CT molecular complexity index is 1430. The van der Waals surface area contributed by atoms with Crippen LogP contribution in [0.1, 0.15) is 36.7 Å². The Kier molecular flexibility index (Phi) is 8.01. The summed E-state index contributed by atoms with van der Waals surface area (Å²) in [4.78, 5) is 41.2. The SMILES string of the molecule is CCOc1cccc2c1C(=C1SC(C(=O)OC)=C(C(=O)c3cccc(F)c3)S1)C(=S)C(C)(C)N2C(=O)OC. The van der Waals surface area contributed by atoms with E-state index in [1.165, 1.54) is 37.3 Å². The summed E-state index contributed by atoms with van der Waals surface area (Å²) in [5.41, 5.74) is 0.699. The number of thiocarbonyl (C=S) groups is 1. The van der Waals surface area contributed by atoms with E-state index in [4.69, 9.17) is 26.4 Å². The number of halogens is 1. The average Bonchev–Trinajstić information content (AvgIpc) is 3.33. The van der Waals surface area contributed by atoms with Gasteiger partial charge in [0, 0.05) is 11.1 Å². The summed E-state index contributed by atoms with van der Waals surface area (Å²) in [6, 6.07) is 10.5. The first-order valence-electron chi connectivity index (χ1n) is 11.5. The third-order valence-electron chi connectivity index (χ3n) is 5.96. The number of nitrogens with zero attached hydrogens (tertiary/aromatic N) is 1. The largest absolute Gasteiger partial charge is 0.493 e. The first kappa shape index (κ1) is 27.9. The molecule has 0 radical (unpaired) electrons. The smallest absolute Gasteiger partial charge is 0.414 e. The van der Waals surface area contributed by atoms with Crippen LogP contribution in [0.3, 0.4) is 0 Å². The highest BCUT2D eigenvalue weighted by atomic mass is 32.2. The monoisotopic (exact) mass is 573 g/mol. The topological polar surface area (TPSA) is 82.1 Å². The summed E-state index contributed by atoms with van der Waals surface area (Å²) in [5.74, 6) is -1.31. The van der Waals surface area contributed by atoms with Gasteiger partial charge in [-0.15, -0.1) is 0 Å². The highest BCUT2D eigenvalue weighted by Crippen LogP contribution is 2.57. The maximum atomic E-state index is 13.9. The fraction of sp³-hybridized carbons (Fsp3) is 0.259. The number of hydrogen-bond acceptors (Lipinski definition) is 9. The van der Waals surface area contributed by atoms with E-state index >= 15 is 0 Å². The Labute approximate surface area is 233 Å². The van der Waals surface area contributed by atoms with Gasteiger partial charge in [-0.3, -0.25) is 9.69 Å². The fourth-order valence-corrected chi connectivity index (χ4v) is 7.27. The van der Waals surface area contributed by atoms with Gasteiger partial charge >= 0.3 is 12.1 Å². The van der Waals surface area contributed by atoms with Crippen molar-refractivity contribution in [3.63, 3.8) is 0 Å². The van der Waals surface area contributed by atoms with Crippen LogP contribution in [-0.4, -0.2) is 49.1 Å². The zero-order valence-electron chi connectivity index (χ0n) is 21.2. The number of amides is 1. The lowest BCUT2D eigenvalue weighted by Crippen LogP contribution is -2.56. The zero-order chi connectivity index (χ0) is 27.8. The molecule has 2 aromatic carbocycles. The van der Waals surface area contributed by atoms with Gasteiger partial charge in [-0.1, -0.05) is 53.9 Å². The highest BCUT2D eigenvalue weighted by Gasteiger charge is 2.47. The molecule has 11 heteroatoms. The molecule has 0 aliphatic carbocycles. The van der Waals surface area contributed by atoms with Crippen LogP contribution in [0.2, 0.25) is 0 Å². The number of carbonyl (C=O) groups excluding carboxylic acids is 3. The van der Waals surface area contributed by atoms with E-state index in [0.717, 1.165) is 29.6 Å². The number of anilines is 1. The van der Waals surface area contributed by atoms with E-state index in [1.807, 2.05) is 6.92 Å². The minimum atomic E-state index is -1.01. The van der Waals surface area contributed by atoms with Crippen molar-refractivity contribution in [2.75, 3.05) is 25.7 Å². The van der Waals surface area contributed by atoms with Crippen molar-refractivity contribution in [1.82, 2.24) is 0 Å². The number of Topliss-reactive ketones (excluding diaryl/α,β-unsaturated/α-hetero) is 1. The summed E-state index contributed by atoms with van der Waals surface area (Å²) in [6.45, 7) is 5.77. The molecule has 0 spiro atoms. The van der Waals surface area contributed by atoms with Crippen molar-refractivity contribution < 1.29 is 33.0 Å². The number of rotatable bonds is 5. The van der Waals surface area contributed by atoms with Crippen molar-refractivity contribution in [3.8, 4) is 5.75 Å². The van der Waals surface area contributed by atoms with E-state index in [-0.39, 0.29) is 15.4 Å². The van der Waals surface area contributed by atoms with E-state index in [2.05, 4.69) is 0 Å². The van der Waals surface area contributed by atoms with Gasteiger partial charge in [0.15, 0.2) is 0 Å². The molecule has 38 heavy (non-hydrogen) atoms. The molecule has 0 unspecified atom stereocenters. The first-order chi connectivity index (χ1) is 18.1. The Morgan fingerprint density at radius 2 is 1.71 bits per heavy atom. The van der Waals surface area contributed by atoms with Gasteiger partial charge in [-0.2, -0.15) is 0 Å². The van der Waals surface area contributed by atoms with E-state index in [1.54, 1.807) is 32.0 Å². The first-order valence-corrected chi connectivity index (χ1v) is 13.5. The van der Waals surface area contributed by atoms with Gasteiger partial charge in [0.05, 0.1) is 51.6 Å². The lowest BCUT2D eigenvalue weighted by Gasteiger charge is -2.44. The van der Waals surface area contributed by atoms with Crippen LogP contribution in [0, 0.1) is 5.82 Å². The second-order valence-corrected chi connectivity index (χ2v) is 11.3.